The predicted octanol–water partition coefficient (Wildman–Crippen LogP) is 2.50. The van der Waals surface area contributed by atoms with Crippen LogP contribution in [-0.4, -0.2) is 21.8 Å². The molecule has 0 aromatic heterocycles. The molecular formula is C11H14N2O2. The molecule has 0 aliphatic rings. The highest BCUT2D eigenvalue weighted by molar-refractivity contribution is 6.48. The molecule has 0 unspecified atom stereocenters. The monoisotopic (exact) mass is 206 g/mol. The first kappa shape index (κ1) is 11.2. The van der Waals surface area contributed by atoms with Gasteiger partial charge in [-0.3, -0.25) is 0 Å². The summed E-state index contributed by atoms with van der Waals surface area (Å²) >= 11 is 0. The summed E-state index contributed by atoms with van der Waals surface area (Å²) in [5.74, 6) is 0. The van der Waals surface area contributed by atoms with Gasteiger partial charge in [-0.2, -0.15) is 0 Å². The van der Waals surface area contributed by atoms with E-state index in [0.717, 1.165) is 12.0 Å². The average molecular weight is 206 g/mol. The summed E-state index contributed by atoms with van der Waals surface area (Å²) in [5.41, 5.74) is 1.45. The molecule has 0 bridgehead atoms. The molecule has 0 heterocycles. The van der Waals surface area contributed by atoms with Crippen molar-refractivity contribution in [3.05, 3.63) is 35.9 Å². The second kappa shape index (κ2) is 5.80. The highest BCUT2D eigenvalue weighted by Crippen LogP contribution is 2.06. The van der Waals surface area contributed by atoms with Gasteiger partial charge in [-0.15, -0.1) is 0 Å². The van der Waals surface area contributed by atoms with Gasteiger partial charge in [0.25, 0.3) is 0 Å². The van der Waals surface area contributed by atoms with Crippen LogP contribution in [0.5, 0.6) is 0 Å². The van der Waals surface area contributed by atoms with Crippen molar-refractivity contribution in [2.24, 2.45) is 10.3 Å². The first-order chi connectivity index (χ1) is 7.33. The Hall–Kier alpha value is -1.84. The molecule has 2 N–H and O–H groups in total. The van der Waals surface area contributed by atoms with Crippen LogP contribution < -0.4 is 0 Å². The van der Waals surface area contributed by atoms with Gasteiger partial charge in [-0.25, -0.2) is 0 Å². The Morgan fingerprint density at radius 2 is 1.80 bits per heavy atom. The summed E-state index contributed by atoms with van der Waals surface area (Å²) in [6.07, 6.45) is 1.40. The van der Waals surface area contributed by atoms with Gasteiger partial charge in [0.2, 0.25) is 0 Å². The molecule has 0 atom stereocenters. The molecule has 80 valence electrons. The number of nitrogens with zero attached hydrogens (tertiary/aromatic N) is 2. The molecule has 0 saturated heterocycles. The lowest BCUT2D eigenvalue weighted by atomic mass is 10.0. The summed E-state index contributed by atoms with van der Waals surface area (Å²) in [5, 5.41) is 24.0. The molecule has 1 aromatic rings. The zero-order valence-electron chi connectivity index (χ0n) is 8.59. The lowest BCUT2D eigenvalue weighted by Gasteiger charge is -2.05. The third-order valence-electron chi connectivity index (χ3n) is 2.03. The first-order valence-electron chi connectivity index (χ1n) is 4.82. The van der Waals surface area contributed by atoms with Crippen molar-refractivity contribution in [2.75, 3.05) is 0 Å². The summed E-state index contributed by atoms with van der Waals surface area (Å²) in [6.45, 7) is 1.96. The van der Waals surface area contributed by atoms with Crippen molar-refractivity contribution in [1.82, 2.24) is 0 Å². The maximum Gasteiger partial charge on any atom is 0.134 e. The lowest BCUT2D eigenvalue weighted by molar-refractivity contribution is 0.313. The van der Waals surface area contributed by atoms with Gasteiger partial charge in [-0.1, -0.05) is 54.0 Å². The fourth-order valence-corrected chi connectivity index (χ4v) is 1.33. The van der Waals surface area contributed by atoms with Crippen LogP contribution >= 0.6 is 0 Å². The molecule has 4 heteroatoms. The number of rotatable bonds is 4. The van der Waals surface area contributed by atoms with Gasteiger partial charge in [0.05, 0.1) is 0 Å². The lowest BCUT2D eigenvalue weighted by Crippen LogP contribution is -2.15. The van der Waals surface area contributed by atoms with E-state index in [4.69, 9.17) is 10.4 Å². The van der Waals surface area contributed by atoms with Crippen LogP contribution in [0.15, 0.2) is 40.6 Å². The van der Waals surface area contributed by atoms with Crippen molar-refractivity contribution in [1.29, 1.82) is 0 Å². The standard InChI is InChI=1S/C11H14N2O2/c1-2-6-10(12-14)11(13-15)9-7-4-3-5-8-9/h3-5,7-8,14-15H,2,6H2,1H3. The van der Waals surface area contributed by atoms with Gasteiger partial charge >= 0.3 is 0 Å². The van der Waals surface area contributed by atoms with E-state index in [1.165, 1.54) is 0 Å². The minimum atomic E-state index is 0.319. The van der Waals surface area contributed by atoms with Gasteiger partial charge in [0.15, 0.2) is 0 Å². The Morgan fingerprint density at radius 1 is 1.13 bits per heavy atom. The average Bonchev–Trinajstić information content (AvgIpc) is 2.30. The van der Waals surface area contributed by atoms with E-state index < -0.39 is 0 Å². The highest BCUT2D eigenvalue weighted by Gasteiger charge is 2.11. The quantitative estimate of drug-likeness (QED) is 0.451. The van der Waals surface area contributed by atoms with Gasteiger partial charge in [0.1, 0.15) is 11.4 Å². The number of oxime groups is 2. The molecule has 0 saturated carbocycles. The summed E-state index contributed by atoms with van der Waals surface area (Å²) in [6, 6.07) is 9.14. The van der Waals surface area contributed by atoms with Crippen LogP contribution in [0.25, 0.3) is 0 Å². The Bertz CT molecular complexity index is 358. The van der Waals surface area contributed by atoms with E-state index in [1.807, 2.05) is 25.1 Å². The summed E-state index contributed by atoms with van der Waals surface area (Å²) in [4.78, 5) is 0. The molecule has 15 heavy (non-hydrogen) atoms. The van der Waals surface area contributed by atoms with Crippen LogP contribution in [0.1, 0.15) is 25.3 Å². The third-order valence-corrected chi connectivity index (χ3v) is 2.03. The van der Waals surface area contributed by atoms with Crippen molar-refractivity contribution in [3.8, 4) is 0 Å². The summed E-state index contributed by atoms with van der Waals surface area (Å²) in [7, 11) is 0. The fourth-order valence-electron chi connectivity index (χ4n) is 1.33. The fraction of sp³-hybridized carbons (Fsp3) is 0.273. The van der Waals surface area contributed by atoms with Crippen LogP contribution in [0.2, 0.25) is 0 Å². The Balaban J connectivity index is 3.00. The van der Waals surface area contributed by atoms with Crippen molar-refractivity contribution >= 4 is 11.4 Å². The summed E-state index contributed by atoms with van der Waals surface area (Å²) < 4.78 is 0. The normalized spacial score (nSPS) is 12.9. The molecule has 1 aromatic carbocycles. The molecule has 1 rings (SSSR count). The van der Waals surface area contributed by atoms with Crippen molar-refractivity contribution in [3.63, 3.8) is 0 Å². The van der Waals surface area contributed by atoms with E-state index in [0.29, 0.717) is 17.8 Å². The van der Waals surface area contributed by atoms with E-state index in [9.17, 15) is 0 Å². The topological polar surface area (TPSA) is 65.2 Å². The van der Waals surface area contributed by atoms with E-state index in [-0.39, 0.29) is 0 Å². The maximum atomic E-state index is 8.90. The molecule has 0 amide bonds. The zero-order valence-corrected chi connectivity index (χ0v) is 8.59. The van der Waals surface area contributed by atoms with Crippen LogP contribution in [0.4, 0.5) is 0 Å². The minimum Gasteiger partial charge on any atom is -0.411 e. The van der Waals surface area contributed by atoms with E-state index >= 15 is 0 Å². The van der Waals surface area contributed by atoms with Gasteiger partial charge in [0, 0.05) is 5.56 Å². The Labute approximate surface area is 88.5 Å². The third kappa shape index (κ3) is 2.80. The smallest absolute Gasteiger partial charge is 0.134 e. The molecule has 0 fully saturated rings. The molecular weight excluding hydrogens is 192 g/mol. The second-order valence-electron chi connectivity index (χ2n) is 3.11. The van der Waals surface area contributed by atoms with Crippen LogP contribution in [0.3, 0.4) is 0 Å². The largest absolute Gasteiger partial charge is 0.411 e. The molecule has 0 aliphatic heterocycles. The van der Waals surface area contributed by atoms with E-state index in [2.05, 4.69) is 10.3 Å². The molecule has 0 radical (unpaired) electrons. The zero-order chi connectivity index (χ0) is 11.1. The highest BCUT2D eigenvalue weighted by atomic mass is 16.4. The van der Waals surface area contributed by atoms with E-state index in [1.54, 1.807) is 12.1 Å². The number of hydrogen-bond acceptors (Lipinski definition) is 4. The molecule has 0 spiro atoms. The number of hydrogen-bond donors (Lipinski definition) is 2. The van der Waals surface area contributed by atoms with Crippen LogP contribution in [-0.2, 0) is 0 Å². The number of benzene rings is 1. The van der Waals surface area contributed by atoms with Gasteiger partial charge in [-0.05, 0) is 6.42 Å². The Kier molecular flexibility index (Phi) is 4.34. The predicted molar refractivity (Wildman–Crippen MR) is 58.9 cm³/mol. The minimum absolute atomic E-state index is 0.319. The maximum absolute atomic E-state index is 8.90. The van der Waals surface area contributed by atoms with Crippen molar-refractivity contribution < 1.29 is 10.4 Å². The molecule has 0 aliphatic carbocycles. The second-order valence-corrected chi connectivity index (χ2v) is 3.11. The Morgan fingerprint density at radius 3 is 2.27 bits per heavy atom. The van der Waals surface area contributed by atoms with Gasteiger partial charge < -0.3 is 10.4 Å². The molecule has 4 nitrogen and oxygen atoms in total. The SMILES string of the molecule is CCCC(=NO)C(=NO)c1ccccc1. The first-order valence-corrected chi connectivity index (χ1v) is 4.82. The van der Waals surface area contributed by atoms with Crippen molar-refractivity contribution in [2.45, 2.75) is 19.8 Å². The van der Waals surface area contributed by atoms with Crippen LogP contribution in [0, 0.1) is 0 Å².